The van der Waals surface area contributed by atoms with Crippen LogP contribution >= 0.6 is 0 Å². The van der Waals surface area contributed by atoms with E-state index in [9.17, 15) is 22.8 Å². The molecular formula is C34H47N3O6S. The summed E-state index contributed by atoms with van der Waals surface area (Å²) in [6, 6.07) is 23.1. The topological polar surface area (TPSA) is 124 Å². The van der Waals surface area contributed by atoms with E-state index in [1.54, 1.807) is 47.2 Å². The molecule has 0 bridgehead atoms. The van der Waals surface area contributed by atoms with Crippen LogP contribution in [0.15, 0.2) is 89.9 Å². The van der Waals surface area contributed by atoms with E-state index in [2.05, 4.69) is 31.4 Å². The van der Waals surface area contributed by atoms with E-state index in [4.69, 9.17) is 4.18 Å². The van der Waals surface area contributed by atoms with Crippen LogP contribution in [-0.4, -0.2) is 62.6 Å². The molecule has 0 aliphatic heterocycles. The van der Waals surface area contributed by atoms with E-state index in [1.807, 2.05) is 63.2 Å². The fourth-order valence-electron chi connectivity index (χ4n) is 4.14. The summed E-state index contributed by atoms with van der Waals surface area (Å²) in [7, 11) is -3.50. The van der Waals surface area contributed by atoms with Crippen molar-refractivity contribution >= 4 is 21.7 Å². The summed E-state index contributed by atoms with van der Waals surface area (Å²) in [6.07, 6.45) is 2.80. The predicted molar refractivity (Wildman–Crippen MR) is 176 cm³/mol. The number of pyridine rings is 1. The maximum atomic E-state index is 12.3. The highest BCUT2D eigenvalue weighted by Gasteiger charge is 2.27. The number of ketones is 2. The molecule has 44 heavy (non-hydrogen) atoms. The van der Waals surface area contributed by atoms with Crippen molar-refractivity contribution in [3.63, 3.8) is 0 Å². The number of nitrogens with zero attached hydrogens (tertiary/aromatic N) is 1. The molecule has 0 saturated carbocycles. The first-order valence-electron chi connectivity index (χ1n) is 14.6. The van der Waals surface area contributed by atoms with Crippen molar-refractivity contribution in [2.75, 3.05) is 26.0 Å². The fraction of sp³-hybridized carbons (Fsp3) is 0.441. The summed E-state index contributed by atoms with van der Waals surface area (Å²) in [4.78, 5) is 36.2. The second-order valence-corrected chi connectivity index (χ2v) is 14.5. The summed E-state index contributed by atoms with van der Waals surface area (Å²) < 4.78 is 28.7. The predicted octanol–water partition coefficient (Wildman–Crippen LogP) is 4.59. The van der Waals surface area contributed by atoms with Gasteiger partial charge in [-0.15, -0.1) is 0 Å². The molecule has 2 N–H and O–H groups in total. The number of carbonyl (C=O) groups excluding carboxylic acids is 2. The first kappa shape index (κ1) is 36.8. The van der Waals surface area contributed by atoms with E-state index in [-0.39, 0.29) is 59.7 Å². The number of aromatic nitrogens is 1. The summed E-state index contributed by atoms with van der Waals surface area (Å²) >= 11 is 0. The van der Waals surface area contributed by atoms with Crippen LogP contribution < -0.4 is 16.2 Å². The van der Waals surface area contributed by atoms with Crippen molar-refractivity contribution < 1.29 is 22.2 Å². The Kier molecular flexibility index (Phi) is 13.8. The molecule has 2 atom stereocenters. The average molecular weight is 626 g/mol. The van der Waals surface area contributed by atoms with E-state index in [0.717, 1.165) is 6.26 Å². The smallest absolute Gasteiger partial charge is 0.264 e. The standard InChI is InChI=1S/C19H24N2O2.C15H23NO4S/c1-19(2,3)17(14-21-12-8-7-11-18(21)23)20-13-16(22)15-9-5-4-6-10-15;1-15(2,3)14(11-20-21(4,18)19)16-10-13(17)12-8-6-5-7-9-12/h4-12,17,20H,13-14H2,1-3H3;5-9,14,16H,10-11H2,1-4H3/t17-;14-/m11/s1. The first-order chi connectivity index (χ1) is 20.5. The van der Waals surface area contributed by atoms with Gasteiger partial charge >= 0.3 is 0 Å². The van der Waals surface area contributed by atoms with Crippen LogP contribution in [0.2, 0.25) is 0 Å². The Hall–Kier alpha value is -3.44. The number of nitrogens with one attached hydrogen (secondary N) is 2. The van der Waals surface area contributed by atoms with Crippen LogP contribution in [-0.2, 0) is 20.8 Å². The third kappa shape index (κ3) is 13.5. The van der Waals surface area contributed by atoms with E-state index >= 15 is 0 Å². The molecular weight excluding hydrogens is 578 g/mol. The van der Waals surface area contributed by atoms with Crippen molar-refractivity contribution in [3.8, 4) is 0 Å². The van der Waals surface area contributed by atoms with Gasteiger partial charge in [-0.3, -0.25) is 18.6 Å². The second-order valence-electron chi connectivity index (χ2n) is 12.9. The van der Waals surface area contributed by atoms with Crippen LogP contribution in [0.1, 0.15) is 62.3 Å². The van der Waals surface area contributed by atoms with Crippen LogP contribution in [0.4, 0.5) is 0 Å². The van der Waals surface area contributed by atoms with Crippen molar-refractivity contribution in [2.45, 2.75) is 60.2 Å². The first-order valence-corrected chi connectivity index (χ1v) is 16.4. The minimum absolute atomic E-state index is 0.00437. The molecule has 0 amide bonds. The highest BCUT2D eigenvalue weighted by molar-refractivity contribution is 7.85. The third-order valence-corrected chi connectivity index (χ3v) is 7.59. The van der Waals surface area contributed by atoms with Crippen molar-refractivity contribution in [2.24, 2.45) is 10.8 Å². The van der Waals surface area contributed by atoms with Gasteiger partial charge in [0.25, 0.3) is 15.7 Å². The molecule has 3 rings (SSSR count). The minimum atomic E-state index is -3.50. The van der Waals surface area contributed by atoms with Gasteiger partial charge in [0.2, 0.25) is 0 Å². The van der Waals surface area contributed by atoms with Gasteiger partial charge in [-0.25, -0.2) is 0 Å². The zero-order valence-electron chi connectivity index (χ0n) is 26.9. The van der Waals surface area contributed by atoms with Gasteiger partial charge in [-0.05, 0) is 16.9 Å². The summed E-state index contributed by atoms with van der Waals surface area (Å²) in [5.74, 6) is 0.0180. The number of Topliss-reactive ketones (excluding diaryl/α,β-unsaturated/α-hetero) is 2. The third-order valence-electron chi connectivity index (χ3n) is 7.03. The molecule has 9 nitrogen and oxygen atoms in total. The monoisotopic (exact) mass is 625 g/mol. The normalized spacial score (nSPS) is 13.3. The Balaban J connectivity index is 0.000000308. The van der Waals surface area contributed by atoms with Gasteiger partial charge in [0, 0.05) is 42.0 Å². The SMILES string of the molecule is CC(C)(C)[C@@H](COS(C)(=O)=O)NCC(=O)c1ccccc1.CC(C)(C)[C@@H](Cn1ccccc1=O)NCC(=O)c1ccccc1. The lowest BCUT2D eigenvalue weighted by molar-refractivity contribution is 0.0963. The van der Waals surface area contributed by atoms with Crippen molar-refractivity contribution in [3.05, 3.63) is 107 Å². The quantitative estimate of drug-likeness (QED) is 0.209. The van der Waals surface area contributed by atoms with Gasteiger partial charge in [-0.2, -0.15) is 8.42 Å². The van der Waals surface area contributed by atoms with Gasteiger partial charge in [-0.1, -0.05) is 108 Å². The van der Waals surface area contributed by atoms with E-state index < -0.39 is 10.1 Å². The summed E-state index contributed by atoms with van der Waals surface area (Å²) in [5.41, 5.74) is 0.984. The van der Waals surface area contributed by atoms with Crippen LogP contribution in [0.25, 0.3) is 0 Å². The molecule has 1 heterocycles. The molecule has 1 aromatic heterocycles. The second kappa shape index (κ2) is 16.6. The Labute approximate surface area is 262 Å². The molecule has 0 unspecified atom stereocenters. The Morgan fingerprint density at radius 2 is 1.16 bits per heavy atom. The maximum absolute atomic E-state index is 12.3. The summed E-state index contributed by atoms with van der Waals surface area (Å²) in [6.45, 7) is 13.1. The highest BCUT2D eigenvalue weighted by Crippen LogP contribution is 2.21. The molecule has 10 heteroatoms. The van der Waals surface area contributed by atoms with E-state index in [1.165, 1.54) is 0 Å². The zero-order valence-corrected chi connectivity index (χ0v) is 27.7. The van der Waals surface area contributed by atoms with Crippen LogP contribution in [0.5, 0.6) is 0 Å². The zero-order chi connectivity index (χ0) is 33.0. The molecule has 2 aromatic carbocycles. The van der Waals surface area contributed by atoms with E-state index in [0.29, 0.717) is 17.7 Å². The molecule has 0 saturated heterocycles. The fourth-order valence-corrected chi connectivity index (χ4v) is 4.53. The number of hydrogen-bond donors (Lipinski definition) is 2. The Morgan fingerprint density at radius 3 is 1.57 bits per heavy atom. The van der Waals surface area contributed by atoms with Crippen LogP contribution in [0, 0.1) is 10.8 Å². The molecule has 240 valence electrons. The molecule has 3 aromatic rings. The van der Waals surface area contributed by atoms with Gasteiger partial charge in [0.15, 0.2) is 11.6 Å². The Morgan fingerprint density at radius 1 is 0.727 bits per heavy atom. The van der Waals surface area contributed by atoms with Crippen LogP contribution in [0.3, 0.4) is 0 Å². The molecule has 0 fully saturated rings. The molecule has 0 radical (unpaired) electrons. The number of benzene rings is 2. The number of hydrogen-bond acceptors (Lipinski definition) is 8. The molecule has 0 aliphatic carbocycles. The lowest BCUT2D eigenvalue weighted by Gasteiger charge is -2.32. The highest BCUT2D eigenvalue weighted by atomic mass is 32.2. The van der Waals surface area contributed by atoms with Crippen molar-refractivity contribution in [1.29, 1.82) is 0 Å². The summed E-state index contributed by atoms with van der Waals surface area (Å²) in [5, 5.41) is 6.42. The maximum Gasteiger partial charge on any atom is 0.264 e. The average Bonchev–Trinajstić information content (AvgIpc) is 2.95. The van der Waals surface area contributed by atoms with Gasteiger partial charge in [0.05, 0.1) is 26.0 Å². The van der Waals surface area contributed by atoms with Crippen molar-refractivity contribution in [1.82, 2.24) is 15.2 Å². The number of rotatable bonds is 13. The lowest BCUT2D eigenvalue weighted by atomic mass is 9.86. The number of carbonyl (C=O) groups is 2. The largest absolute Gasteiger partial charge is 0.314 e. The van der Waals surface area contributed by atoms with Gasteiger partial charge in [0.1, 0.15) is 0 Å². The van der Waals surface area contributed by atoms with Gasteiger partial charge < -0.3 is 15.2 Å². The molecule has 0 spiro atoms. The minimum Gasteiger partial charge on any atom is -0.314 e. The molecule has 0 aliphatic rings. The Bertz CT molecular complexity index is 1490. The lowest BCUT2D eigenvalue weighted by Crippen LogP contribution is -2.46.